The summed E-state index contributed by atoms with van der Waals surface area (Å²) in [7, 11) is 1.63. The van der Waals surface area contributed by atoms with Crippen LogP contribution in [0, 0.1) is 0 Å². The van der Waals surface area contributed by atoms with E-state index < -0.39 is 0 Å². The summed E-state index contributed by atoms with van der Waals surface area (Å²) in [5.41, 5.74) is 6.50. The van der Waals surface area contributed by atoms with Crippen LogP contribution in [0.5, 0.6) is 5.75 Å². The van der Waals surface area contributed by atoms with Gasteiger partial charge in [0.1, 0.15) is 5.75 Å². The number of hydrogen-bond acceptors (Lipinski definition) is 3. The molecule has 0 saturated carbocycles. The summed E-state index contributed by atoms with van der Waals surface area (Å²) in [5.74, 6) is 0.888. The summed E-state index contributed by atoms with van der Waals surface area (Å²) in [4.78, 5) is 11.9. The molecule has 4 nitrogen and oxygen atoms in total. The molecule has 0 aliphatic rings. The second-order valence-corrected chi connectivity index (χ2v) is 5.99. The maximum Gasteiger partial charge on any atom is 0.220 e. The van der Waals surface area contributed by atoms with Crippen molar-refractivity contribution < 1.29 is 9.53 Å². The molecule has 0 radical (unpaired) electrons. The second kappa shape index (κ2) is 9.79. The highest BCUT2D eigenvalue weighted by molar-refractivity contribution is 9.10. The minimum Gasteiger partial charge on any atom is -0.496 e. The Hall–Kier alpha value is -1.07. The van der Waals surface area contributed by atoms with Crippen molar-refractivity contribution in [3.63, 3.8) is 0 Å². The van der Waals surface area contributed by atoms with Crippen molar-refractivity contribution in [3.05, 3.63) is 28.2 Å². The standard InChI is InChI=1S/C16H25BrN2O2/c1-12(13-8-9-15(21-2)14(17)11-13)19-16(20)7-5-3-4-6-10-18/h8-9,11-12H,3-7,10,18H2,1-2H3,(H,19,20). The normalized spacial score (nSPS) is 12.0. The van der Waals surface area contributed by atoms with Crippen LogP contribution in [-0.4, -0.2) is 19.6 Å². The molecule has 0 fully saturated rings. The third-order valence-electron chi connectivity index (χ3n) is 3.41. The summed E-state index contributed by atoms with van der Waals surface area (Å²) in [6.07, 6.45) is 4.70. The molecule has 0 aromatic heterocycles. The predicted octanol–water partition coefficient (Wildman–Crippen LogP) is 3.54. The fourth-order valence-corrected chi connectivity index (χ4v) is 2.69. The summed E-state index contributed by atoms with van der Waals surface area (Å²) in [5, 5.41) is 3.03. The lowest BCUT2D eigenvalue weighted by atomic mass is 10.1. The zero-order chi connectivity index (χ0) is 15.7. The molecule has 3 N–H and O–H groups in total. The van der Waals surface area contributed by atoms with E-state index in [4.69, 9.17) is 10.5 Å². The number of amides is 1. The highest BCUT2D eigenvalue weighted by Gasteiger charge is 2.11. The fraction of sp³-hybridized carbons (Fsp3) is 0.562. The van der Waals surface area contributed by atoms with E-state index in [0.29, 0.717) is 6.42 Å². The number of hydrogen-bond donors (Lipinski definition) is 2. The summed E-state index contributed by atoms with van der Waals surface area (Å²) < 4.78 is 6.10. The Kier molecular flexibility index (Phi) is 8.38. The van der Waals surface area contributed by atoms with E-state index in [2.05, 4.69) is 21.2 Å². The maximum absolute atomic E-state index is 11.9. The van der Waals surface area contributed by atoms with E-state index in [0.717, 1.165) is 48.0 Å². The van der Waals surface area contributed by atoms with Crippen molar-refractivity contribution >= 4 is 21.8 Å². The average Bonchev–Trinajstić information content (AvgIpc) is 2.46. The van der Waals surface area contributed by atoms with Crippen molar-refractivity contribution in [1.29, 1.82) is 0 Å². The predicted molar refractivity (Wildman–Crippen MR) is 89.4 cm³/mol. The summed E-state index contributed by atoms with van der Waals surface area (Å²) in [6, 6.07) is 5.83. The van der Waals surface area contributed by atoms with Gasteiger partial charge in [-0.25, -0.2) is 0 Å². The van der Waals surface area contributed by atoms with E-state index in [1.807, 2.05) is 25.1 Å². The number of carbonyl (C=O) groups excluding carboxylic acids is 1. The molecule has 21 heavy (non-hydrogen) atoms. The number of nitrogens with two attached hydrogens (primary N) is 1. The smallest absolute Gasteiger partial charge is 0.220 e. The van der Waals surface area contributed by atoms with Gasteiger partial charge >= 0.3 is 0 Å². The molecular formula is C16H25BrN2O2. The first-order chi connectivity index (χ1) is 10.1. The molecular weight excluding hydrogens is 332 g/mol. The minimum absolute atomic E-state index is 0.0104. The largest absolute Gasteiger partial charge is 0.496 e. The van der Waals surface area contributed by atoms with E-state index in [1.54, 1.807) is 7.11 Å². The zero-order valence-corrected chi connectivity index (χ0v) is 14.4. The molecule has 118 valence electrons. The van der Waals surface area contributed by atoms with E-state index in [9.17, 15) is 4.79 Å². The number of nitrogens with one attached hydrogen (secondary N) is 1. The van der Waals surface area contributed by atoms with Gasteiger partial charge in [0.25, 0.3) is 0 Å². The third kappa shape index (κ3) is 6.48. The van der Waals surface area contributed by atoms with Crippen LogP contribution in [0.15, 0.2) is 22.7 Å². The topological polar surface area (TPSA) is 64.3 Å². The number of carbonyl (C=O) groups is 1. The van der Waals surface area contributed by atoms with Crippen LogP contribution in [0.4, 0.5) is 0 Å². The van der Waals surface area contributed by atoms with Gasteiger partial charge in [0.05, 0.1) is 17.6 Å². The molecule has 0 saturated heterocycles. The quantitative estimate of drug-likeness (QED) is 0.665. The van der Waals surface area contributed by atoms with Gasteiger partial charge in [0.2, 0.25) is 5.91 Å². The van der Waals surface area contributed by atoms with Crippen LogP contribution >= 0.6 is 15.9 Å². The van der Waals surface area contributed by atoms with Crippen LogP contribution < -0.4 is 15.8 Å². The molecule has 1 unspecified atom stereocenters. The molecule has 0 bridgehead atoms. The van der Waals surface area contributed by atoms with Gasteiger partial charge in [-0.2, -0.15) is 0 Å². The lowest BCUT2D eigenvalue weighted by molar-refractivity contribution is -0.121. The fourth-order valence-electron chi connectivity index (χ4n) is 2.13. The molecule has 5 heteroatoms. The number of halogens is 1. The summed E-state index contributed by atoms with van der Waals surface area (Å²) >= 11 is 3.46. The third-order valence-corrected chi connectivity index (χ3v) is 4.03. The lowest BCUT2D eigenvalue weighted by Gasteiger charge is -2.15. The highest BCUT2D eigenvalue weighted by Crippen LogP contribution is 2.28. The number of benzene rings is 1. The Balaban J connectivity index is 2.40. The number of rotatable bonds is 9. The van der Waals surface area contributed by atoms with E-state index in [-0.39, 0.29) is 11.9 Å². The van der Waals surface area contributed by atoms with Crippen molar-refractivity contribution in [2.24, 2.45) is 5.73 Å². The summed E-state index contributed by atoms with van der Waals surface area (Å²) in [6.45, 7) is 2.72. The molecule has 0 spiro atoms. The van der Waals surface area contributed by atoms with Gasteiger partial charge in [0.15, 0.2) is 0 Å². The zero-order valence-electron chi connectivity index (χ0n) is 12.8. The first-order valence-electron chi connectivity index (χ1n) is 7.41. The number of ether oxygens (including phenoxy) is 1. The van der Waals surface area contributed by atoms with Gasteiger partial charge in [0, 0.05) is 6.42 Å². The van der Waals surface area contributed by atoms with Crippen LogP contribution in [0.3, 0.4) is 0 Å². The van der Waals surface area contributed by atoms with Crippen molar-refractivity contribution in [2.75, 3.05) is 13.7 Å². The second-order valence-electron chi connectivity index (χ2n) is 5.14. The van der Waals surface area contributed by atoms with Crippen LogP contribution in [0.2, 0.25) is 0 Å². The van der Waals surface area contributed by atoms with Crippen molar-refractivity contribution in [2.45, 2.75) is 45.1 Å². The number of methoxy groups -OCH3 is 1. The first kappa shape index (κ1) is 18.0. The van der Waals surface area contributed by atoms with Crippen molar-refractivity contribution in [1.82, 2.24) is 5.32 Å². The SMILES string of the molecule is COc1ccc(C(C)NC(=O)CCCCCCN)cc1Br. The lowest BCUT2D eigenvalue weighted by Crippen LogP contribution is -2.26. The average molecular weight is 357 g/mol. The Labute approximate surface area is 135 Å². The molecule has 1 rings (SSSR count). The first-order valence-corrected chi connectivity index (χ1v) is 8.20. The van der Waals surface area contributed by atoms with Crippen LogP contribution in [0.1, 0.15) is 50.6 Å². The van der Waals surface area contributed by atoms with Gasteiger partial charge in [-0.1, -0.05) is 18.9 Å². The Bertz CT molecular complexity index is 452. The van der Waals surface area contributed by atoms with Gasteiger partial charge < -0.3 is 15.8 Å². The van der Waals surface area contributed by atoms with Crippen LogP contribution in [-0.2, 0) is 4.79 Å². The molecule has 0 aliphatic carbocycles. The minimum atomic E-state index is -0.0104. The Morgan fingerprint density at radius 3 is 2.67 bits per heavy atom. The Morgan fingerprint density at radius 1 is 1.33 bits per heavy atom. The molecule has 1 aromatic rings. The van der Waals surface area contributed by atoms with E-state index >= 15 is 0 Å². The monoisotopic (exact) mass is 356 g/mol. The molecule has 1 atom stereocenters. The Morgan fingerprint density at radius 2 is 2.05 bits per heavy atom. The van der Waals surface area contributed by atoms with Crippen molar-refractivity contribution in [3.8, 4) is 5.75 Å². The molecule has 1 amide bonds. The maximum atomic E-state index is 11.9. The molecule has 0 aliphatic heterocycles. The number of unbranched alkanes of at least 4 members (excludes halogenated alkanes) is 3. The van der Waals surface area contributed by atoms with E-state index in [1.165, 1.54) is 0 Å². The molecule has 1 aromatic carbocycles. The van der Waals surface area contributed by atoms with Gasteiger partial charge in [-0.05, 0) is 59.9 Å². The van der Waals surface area contributed by atoms with Gasteiger partial charge in [-0.3, -0.25) is 4.79 Å². The van der Waals surface area contributed by atoms with Crippen LogP contribution in [0.25, 0.3) is 0 Å². The highest BCUT2D eigenvalue weighted by atomic mass is 79.9. The van der Waals surface area contributed by atoms with Gasteiger partial charge in [-0.15, -0.1) is 0 Å². The molecule has 0 heterocycles.